The summed E-state index contributed by atoms with van der Waals surface area (Å²) < 4.78 is 6.08. The van der Waals surface area contributed by atoms with Gasteiger partial charge in [-0.3, -0.25) is 0 Å². The van der Waals surface area contributed by atoms with Gasteiger partial charge >= 0.3 is 0 Å². The number of H-pyrrole nitrogens is 1. The van der Waals surface area contributed by atoms with Gasteiger partial charge in [-0.2, -0.15) is 0 Å². The van der Waals surface area contributed by atoms with Crippen LogP contribution in [0.4, 0.5) is 0 Å². The summed E-state index contributed by atoms with van der Waals surface area (Å²) in [5.74, 6) is 0. The number of furan rings is 1. The van der Waals surface area contributed by atoms with Crippen LogP contribution in [-0.4, -0.2) is 4.98 Å². The number of para-hydroxylation sites is 3. The van der Waals surface area contributed by atoms with Crippen LogP contribution in [0.2, 0.25) is 0 Å². The van der Waals surface area contributed by atoms with Crippen molar-refractivity contribution in [2.45, 2.75) is 0 Å². The van der Waals surface area contributed by atoms with Gasteiger partial charge in [-0.05, 0) is 41.0 Å². The van der Waals surface area contributed by atoms with E-state index in [1.54, 1.807) is 0 Å². The van der Waals surface area contributed by atoms with Crippen LogP contribution >= 0.6 is 0 Å². The van der Waals surface area contributed by atoms with Gasteiger partial charge in [0.15, 0.2) is 0 Å². The molecule has 0 amide bonds. The second kappa shape index (κ2) is 6.60. The Balaban J connectivity index is 1.32. The Morgan fingerprint density at radius 1 is 0.469 bits per heavy atom. The van der Waals surface area contributed by atoms with E-state index in [0.717, 1.165) is 27.5 Å². The number of aromatic nitrogens is 1. The van der Waals surface area contributed by atoms with E-state index in [2.05, 4.69) is 102 Å². The summed E-state index contributed by atoms with van der Waals surface area (Å²) in [6.45, 7) is 0. The minimum absolute atomic E-state index is 0.926. The number of hydrogen-bond acceptors (Lipinski definition) is 1. The molecule has 0 aliphatic carbocycles. The molecule has 0 saturated carbocycles. The molecule has 0 fully saturated rings. The van der Waals surface area contributed by atoms with Gasteiger partial charge in [-0.25, -0.2) is 0 Å². The molecule has 0 saturated heterocycles. The molecule has 0 aliphatic rings. The number of nitrogens with one attached hydrogen (secondary N) is 1. The van der Waals surface area contributed by atoms with Gasteiger partial charge in [0, 0.05) is 32.6 Å². The third-order valence-electron chi connectivity index (χ3n) is 6.45. The lowest BCUT2D eigenvalue weighted by atomic mass is 9.98. The third-order valence-corrected chi connectivity index (χ3v) is 6.45. The van der Waals surface area contributed by atoms with Crippen molar-refractivity contribution in [3.8, 4) is 22.3 Å². The highest BCUT2D eigenvalue weighted by atomic mass is 16.3. The van der Waals surface area contributed by atoms with Gasteiger partial charge in [0.25, 0.3) is 0 Å². The fourth-order valence-electron chi connectivity index (χ4n) is 4.86. The highest BCUT2D eigenvalue weighted by molar-refractivity contribution is 6.12. The molecule has 2 aromatic heterocycles. The zero-order valence-corrected chi connectivity index (χ0v) is 17.3. The molecule has 0 bridgehead atoms. The van der Waals surface area contributed by atoms with Gasteiger partial charge in [-0.15, -0.1) is 0 Å². The van der Waals surface area contributed by atoms with Crippen molar-refractivity contribution in [2.24, 2.45) is 0 Å². The Kier molecular flexibility index (Phi) is 3.58. The molecule has 0 unspecified atom stereocenters. The van der Waals surface area contributed by atoms with E-state index in [0.29, 0.717) is 0 Å². The molecule has 32 heavy (non-hydrogen) atoms. The van der Waals surface area contributed by atoms with Crippen LogP contribution < -0.4 is 0 Å². The molecular formula is C30H19NO. The lowest BCUT2D eigenvalue weighted by Crippen LogP contribution is -1.82. The maximum absolute atomic E-state index is 6.08. The molecule has 2 heteroatoms. The molecule has 150 valence electrons. The molecule has 2 heterocycles. The summed E-state index contributed by atoms with van der Waals surface area (Å²) in [7, 11) is 0. The molecule has 1 N–H and O–H groups in total. The van der Waals surface area contributed by atoms with Crippen molar-refractivity contribution in [3.05, 3.63) is 109 Å². The average Bonchev–Trinajstić information content (AvgIpc) is 3.42. The Bertz CT molecular complexity index is 1770. The normalized spacial score (nSPS) is 11.8. The van der Waals surface area contributed by atoms with Crippen molar-refractivity contribution in [1.29, 1.82) is 0 Å². The molecule has 0 aliphatic heterocycles. The van der Waals surface area contributed by atoms with Crippen LogP contribution in [-0.2, 0) is 0 Å². The Morgan fingerprint density at radius 2 is 1.16 bits per heavy atom. The predicted octanol–water partition coefficient (Wildman–Crippen LogP) is 8.55. The van der Waals surface area contributed by atoms with Crippen molar-refractivity contribution in [2.75, 3.05) is 0 Å². The molecule has 7 aromatic rings. The standard InChI is InChI=1S/C30H19NO/c1-3-10-27-23(6-1)26-9-5-8-22(30(26)31-27)20-14-12-19(13-15-20)21-16-17-25-24-7-2-4-11-28(24)32-29(25)18-21/h1-18,31H. The first-order valence-electron chi connectivity index (χ1n) is 10.9. The minimum Gasteiger partial charge on any atom is -0.456 e. The number of rotatable bonds is 2. The fraction of sp³-hybridized carbons (Fsp3) is 0. The monoisotopic (exact) mass is 409 g/mol. The lowest BCUT2D eigenvalue weighted by Gasteiger charge is -2.07. The summed E-state index contributed by atoms with van der Waals surface area (Å²) in [6, 6.07) is 38.5. The van der Waals surface area contributed by atoms with Crippen LogP contribution in [0.5, 0.6) is 0 Å². The zero-order valence-electron chi connectivity index (χ0n) is 17.3. The lowest BCUT2D eigenvalue weighted by molar-refractivity contribution is 0.669. The van der Waals surface area contributed by atoms with E-state index in [4.69, 9.17) is 4.42 Å². The summed E-state index contributed by atoms with van der Waals surface area (Å²) >= 11 is 0. The number of fused-ring (bicyclic) bond motifs is 6. The first-order chi connectivity index (χ1) is 15.8. The Morgan fingerprint density at radius 3 is 2.06 bits per heavy atom. The minimum atomic E-state index is 0.926. The molecule has 7 rings (SSSR count). The van der Waals surface area contributed by atoms with Crippen molar-refractivity contribution in [3.63, 3.8) is 0 Å². The average molecular weight is 409 g/mol. The summed E-state index contributed by atoms with van der Waals surface area (Å²) in [4.78, 5) is 3.61. The van der Waals surface area contributed by atoms with E-state index in [9.17, 15) is 0 Å². The smallest absolute Gasteiger partial charge is 0.136 e. The topological polar surface area (TPSA) is 28.9 Å². The van der Waals surface area contributed by atoms with Gasteiger partial charge in [-0.1, -0.05) is 84.9 Å². The molecule has 5 aromatic carbocycles. The van der Waals surface area contributed by atoms with Gasteiger partial charge < -0.3 is 9.40 Å². The van der Waals surface area contributed by atoms with Crippen molar-refractivity contribution < 1.29 is 4.42 Å². The highest BCUT2D eigenvalue weighted by Crippen LogP contribution is 2.35. The van der Waals surface area contributed by atoms with E-state index >= 15 is 0 Å². The van der Waals surface area contributed by atoms with Gasteiger partial charge in [0.2, 0.25) is 0 Å². The molecule has 0 spiro atoms. The third kappa shape index (κ3) is 2.53. The summed E-state index contributed by atoms with van der Waals surface area (Å²) in [6.07, 6.45) is 0. The van der Waals surface area contributed by atoms with Crippen LogP contribution in [0, 0.1) is 0 Å². The van der Waals surface area contributed by atoms with Crippen LogP contribution in [0.3, 0.4) is 0 Å². The van der Waals surface area contributed by atoms with Crippen molar-refractivity contribution >= 4 is 43.7 Å². The summed E-state index contributed by atoms with van der Waals surface area (Å²) in [5, 5.41) is 4.85. The zero-order chi connectivity index (χ0) is 21.1. The molecule has 2 nitrogen and oxygen atoms in total. The Labute approximate surface area is 184 Å². The van der Waals surface area contributed by atoms with E-state index < -0.39 is 0 Å². The highest BCUT2D eigenvalue weighted by Gasteiger charge is 2.11. The SMILES string of the molecule is c1ccc2c(c1)[nH]c1c(-c3ccc(-c4ccc5c(c4)oc4ccccc45)cc3)cccc12. The quantitative estimate of drug-likeness (QED) is 0.304. The predicted molar refractivity (Wildman–Crippen MR) is 134 cm³/mol. The maximum atomic E-state index is 6.08. The van der Waals surface area contributed by atoms with Crippen LogP contribution in [0.25, 0.3) is 66.0 Å². The van der Waals surface area contributed by atoms with Gasteiger partial charge in [0.1, 0.15) is 11.2 Å². The first-order valence-corrected chi connectivity index (χ1v) is 10.9. The number of aromatic amines is 1. The number of benzene rings is 5. The fourth-order valence-corrected chi connectivity index (χ4v) is 4.86. The molecular weight excluding hydrogens is 390 g/mol. The van der Waals surface area contributed by atoms with E-state index in [-0.39, 0.29) is 0 Å². The largest absolute Gasteiger partial charge is 0.456 e. The first kappa shape index (κ1) is 17.4. The van der Waals surface area contributed by atoms with E-state index in [1.807, 2.05) is 12.1 Å². The second-order valence-corrected chi connectivity index (χ2v) is 8.29. The second-order valence-electron chi connectivity index (χ2n) is 8.29. The van der Waals surface area contributed by atoms with Crippen LogP contribution in [0.15, 0.2) is 114 Å². The van der Waals surface area contributed by atoms with Crippen LogP contribution in [0.1, 0.15) is 0 Å². The summed E-state index contributed by atoms with van der Waals surface area (Å²) in [5.41, 5.74) is 8.98. The van der Waals surface area contributed by atoms with Gasteiger partial charge in [0.05, 0.1) is 5.52 Å². The number of hydrogen-bond donors (Lipinski definition) is 1. The molecule has 0 atom stereocenters. The van der Waals surface area contributed by atoms with Crippen molar-refractivity contribution in [1.82, 2.24) is 4.98 Å². The Hall–Kier alpha value is -4.30. The maximum Gasteiger partial charge on any atom is 0.136 e. The molecule has 0 radical (unpaired) electrons. The van der Waals surface area contributed by atoms with E-state index in [1.165, 1.54) is 38.5 Å².